The number of aliphatic hydroxyl groups excluding tert-OH is 5. The highest BCUT2D eigenvalue weighted by Crippen LogP contribution is 2.14. The first kappa shape index (κ1) is 29.4. The molecule has 0 bridgehead atoms. The maximum atomic E-state index is 10.3. The van der Waals surface area contributed by atoms with Gasteiger partial charge in [0.1, 0.15) is 29.6 Å². The average Bonchev–Trinajstić information content (AvgIpc) is 2.70. The van der Waals surface area contributed by atoms with Crippen molar-refractivity contribution in [1.29, 1.82) is 0 Å². The zero-order valence-electron chi connectivity index (χ0n) is 16.0. The van der Waals surface area contributed by atoms with E-state index >= 15 is 0 Å². The summed E-state index contributed by atoms with van der Waals surface area (Å²) in [5.41, 5.74) is -0.0671. The molecule has 9 N–H and O–H groups in total. The van der Waals surface area contributed by atoms with Crippen LogP contribution in [0.15, 0.2) is 24.3 Å². The lowest BCUT2D eigenvalue weighted by Gasteiger charge is -2.19. The third-order valence-electron chi connectivity index (χ3n) is 3.33. The number of para-hydroxylation sites is 1. The van der Waals surface area contributed by atoms with Gasteiger partial charge in [0.2, 0.25) is 0 Å². The molecule has 12 nitrogen and oxygen atoms in total. The number of hydrogen-bond donors (Lipinski definition) is 9. The number of carboxylic acid groups (broad SMARTS) is 3. The summed E-state index contributed by atoms with van der Waals surface area (Å²) in [7, 11) is 0. The van der Waals surface area contributed by atoms with Crippen LogP contribution in [0.3, 0.4) is 0 Å². The first-order chi connectivity index (χ1) is 14.0. The van der Waals surface area contributed by atoms with Gasteiger partial charge in [0.15, 0.2) is 0 Å². The normalized spacial score (nSPS) is 12.8. The Morgan fingerprint density at radius 2 is 1.17 bits per heavy atom. The first-order valence-corrected chi connectivity index (χ1v) is 8.68. The van der Waals surface area contributed by atoms with E-state index in [2.05, 4.69) is 0 Å². The number of phenols is 1. The van der Waals surface area contributed by atoms with Crippen molar-refractivity contribution in [3.63, 3.8) is 0 Å². The SMILES string of the molecule is O=C(O)CCCCC(=O)O.O=C(O)c1ccccc1O.OCC(O)C(O)C(O)CO. The van der Waals surface area contributed by atoms with E-state index in [1.807, 2.05) is 0 Å². The van der Waals surface area contributed by atoms with Gasteiger partial charge >= 0.3 is 17.9 Å². The quantitative estimate of drug-likeness (QED) is 0.198. The van der Waals surface area contributed by atoms with Crippen molar-refractivity contribution in [3.8, 4) is 5.75 Å². The molecule has 0 spiro atoms. The Morgan fingerprint density at radius 1 is 0.767 bits per heavy atom. The molecule has 1 rings (SSSR count). The molecular formula is C18H28O12. The fourth-order valence-electron chi connectivity index (χ4n) is 1.68. The Bertz CT molecular complexity index is 607. The van der Waals surface area contributed by atoms with Crippen LogP contribution >= 0.6 is 0 Å². The van der Waals surface area contributed by atoms with E-state index in [4.69, 9.17) is 46.0 Å². The summed E-state index contributed by atoms with van der Waals surface area (Å²) in [5, 5.41) is 76.1. The van der Waals surface area contributed by atoms with Crippen LogP contribution in [0, 0.1) is 0 Å². The largest absolute Gasteiger partial charge is 0.507 e. The van der Waals surface area contributed by atoms with Crippen molar-refractivity contribution in [2.24, 2.45) is 0 Å². The lowest BCUT2D eigenvalue weighted by molar-refractivity contribution is -0.139. The van der Waals surface area contributed by atoms with E-state index in [0.717, 1.165) is 0 Å². The number of benzene rings is 1. The lowest BCUT2D eigenvalue weighted by atomic mass is 10.1. The summed E-state index contributed by atoms with van der Waals surface area (Å²) in [5.74, 6) is -3.05. The molecule has 0 radical (unpaired) electrons. The molecule has 1 aromatic rings. The summed E-state index contributed by atoms with van der Waals surface area (Å²) in [4.78, 5) is 30.1. The van der Waals surface area contributed by atoms with Crippen LogP contribution in [0.5, 0.6) is 5.75 Å². The molecule has 0 amide bonds. The van der Waals surface area contributed by atoms with Gasteiger partial charge in [-0.1, -0.05) is 12.1 Å². The smallest absolute Gasteiger partial charge is 0.339 e. The second-order valence-corrected chi connectivity index (χ2v) is 5.81. The van der Waals surface area contributed by atoms with Crippen LogP contribution in [0.2, 0.25) is 0 Å². The summed E-state index contributed by atoms with van der Waals surface area (Å²) in [6.07, 6.45) is -3.27. The van der Waals surface area contributed by atoms with E-state index in [0.29, 0.717) is 12.8 Å². The van der Waals surface area contributed by atoms with E-state index in [-0.39, 0.29) is 24.2 Å². The van der Waals surface area contributed by atoms with Gasteiger partial charge in [-0.3, -0.25) is 9.59 Å². The van der Waals surface area contributed by atoms with Gasteiger partial charge < -0.3 is 46.0 Å². The molecular weight excluding hydrogens is 408 g/mol. The van der Waals surface area contributed by atoms with Gasteiger partial charge in [0.25, 0.3) is 0 Å². The Hall–Kier alpha value is -2.77. The van der Waals surface area contributed by atoms with E-state index in [1.54, 1.807) is 12.1 Å². The molecule has 0 aliphatic heterocycles. The number of aliphatic hydroxyl groups is 5. The molecule has 0 saturated carbocycles. The zero-order valence-corrected chi connectivity index (χ0v) is 16.0. The number of unbranched alkanes of at least 4 members (excludes halogenated alkanes) is 1. The maximum Gasteiger partial charge on any atom is 0.339 e. The second-order valence-electron chi connectivity index (χ2n) is 5.81. The van der Waals surface area contributed by atoms with Crippen molar-refractivity contribution in [2.75, 3.05) is 13.2 Å². The molecule has 1 aromatic carbocycles. The van der Waals surface area contributed by atoms with Crippen LogP contribution in [0.25, 0.3) is 0 Å². The summed E-state index contributed by atoms with van der Waals surface area (Å²) >= 11 is 0. The average molecular weight is 436 g/mol. The topological polar surface area (TPSA) is 233 Å². The molecule has 0 saturated heterocycles. The number of rotatable bonds is 10. The van der Waals surface area contributed by atoms with Gasteiger partial charge in [0.05, 0.1) is 13.2 Å². The molecule has 0 aliphatic carbocycles. The lowest BCUT2D eigenvalue weighted by Crippen LogP contribution is -2.41. The molecule has 172 valence electrons. The van der Waals surface area contributed by atoms with Gasteiger partial charge in [-0.25, -0.2) is 4.79 Å². The van der Waals surface area contributed by atoms with E-state index in [1.165, 1.54) is 12.1 Å². The fourth-order valence-corrected chi connectivity index (χ4v) is 1.68. The third kappa shape index (κ3) is 15.2. The minimum atomic E-state index is -1.49. The Kier molecular flexibility index (Phi) is 16.8. The molecule has 2 unspecified atom stereocenters. The van der Waals surface area contributed by atoms with Gasteiger partial charge in [0, 0.05) is 12.8 Å². The number of hydrogen-bond acceptors (Lipinski definition) is 9. The van der Waals surface area contributed by atoms with Crippen molar-refractivity contribution in [3.05, 3.63) is 29.8 Å². The van der Waals surface area contributed by atoms with Crippen LogP contribution in [0.1, 0.15) is 36.0 Å². The van der Waals surface area contributed by atoms with Crippen LogP contribution in [-0.2, 0) is 9.59 Å². The predicted octanol–water partition coefficient (Wildman–Crippen LogP) is -1.14. The Labute approximate surface area is 171 Å². The molecule has 30 heavy (non-hydrogen) atoms. The number of carboxylic acids is 3. The predicted molar refractivity (Wildman–Crippen MR) is 101 cm³/mol. The van der Waals surface area contributed by atoms with Crippen LogP contribution in [0.4, 0.5) is 0 Å². The second kappa shape index (κ2) is 17.1. The first-order valence-electron chi connectivity index (χ1n) is 8.68. The standard InChI is InChI=1S/C7H6O3.C6H10O4.C5H12O5/c8-6-4-2-1-3-5(6)7(9)10;7-5(8)3-1-2-4-6(9)10;6-1-3(8)5(10)4(9)2-7/h1-4,8H,(H,9,10);1-4H2,(H,7,8)(H,9,10);3-10H,1-2H2. The number of aromatic carboxylic acids is 1. The monoisotopic (exact) mass is 436 g/mol. The van der Waals surface area contributed by atoms with Crippen LogP contribution < -0.4 is 0 Å². The van der Waals surface area contributed by atoms with E-state index < -0.39 is 49.4 Å². The van der Waals surface area contributed by atoms with Gasteiger partial charge in [-0.2, -0.15) is 0 Å². The molecule has 0 heterocycles. The fraction of sp³-hybridized carbons (Fsp3) is 0.500. The summed E-state index contributed by atoms with van der Waals surface area (Å²) in [6.45, 7) is -1.28. The highest BCUT2D eigenvalue weighted by Gasteiger charge is 2.22. The zero-order chi connectivity index (χ0) is 23.7. The van der Waals surface area contributed by atoms with Crippen molar-refractivity contribution < 1.29 is 60.3 Å². The molecule has 12 heteroatoms. The minimum absolute atomic E-state index is 0.0628. The highest BCUT2D eigenvalue weighted by atomic mass is 16.4. The maximum absolute atomic E-state index is 10.3. The van der Waals surface area contributed by atoms with Gasteiger partial charge in [-0.15, -0.1) is 0 Å². The summed E-state index contributed by atoms with van der Waals surface area (Å²) in [6, 6.07) is 5.81. The molecule has 0 aliphatic rings. The van der Waals surface area contributed by atoms with Crippen molar-refractivity contribution in [1.82, 2.24) is 0 Å². The third-order valence-corrected chi connectivity index (χ3v) is 3.33. The summed E-state index contributed by atoms with van der Waals surface area (Å²) < 4.78 is 0. The van der Waals surface area contributed by atoms with E-state index in [9.17, 15) is 14.4 Å². The molecule has 0 fully saturated rings. The van der Waals surface area contributed by atoms with Gasteiger partial charge in [-0.05, 0) is 25.0 Å². The highest BCUT2D eigenvalue weighted by molar-refractivity contribution is 5.90. The van der Waals surface area contributed by atoms with Crippen molar-refractivity contribution in [2.45, 2.75) is 44.0 Å². The number of aliphatic carboxylic acids is 2. The van der Waals surface area contributed by atoms with Crippen molar-refractivity contribution >= 4 is 17.9 Å². The number of aromatic hydroxyl groups is 1. The Balaban J connectivity index is 0. The van der Waals surface area contributed by atoms with Crippen LogP contribution in [-0.4, -0.2) is 95.4 Å². The number of carbonyl (C=O) groups is 3. The molecule has 0 aromatic heterocycles. The Morgan fingerprint density at radius 3 is 1.43 bits per heavy atom. The minimum Gasteiger partial charge on any atom is -0.507 e. The molecule has 2 atom stereocenters.